The van der Waals surface area contributed by atoms with Crippen LogP contribution in [0.5, 0.6) is 0 Å². The molecule has 4 nitrogen and oxygen atoms in total. The molecule has 0 saturated heterocycles. The van der Waals surface area contributed by atoms with E-state index in [1.807, 2.05) is 10.6 Å². The monoisotopic (exact) mass is 276 g/mol. The first-order valence-electron chi connectivity index (χ1n) is 6.65. The molecule has 5 heteroatoms. The van der Waals surface area contributed by atoms with Crippen LogP contribution < -0.4 is 0 Å². The van der Waals surface area contributed by atoms with E-state index in [1.165, 1.54) is 5.56 Å². The van der Waals surface area contributed by atoms with Gasteiger partial charge in [-0.3, -0.25) is 10.00 Å². The number of benzene rings is 1. The minimum atomic E-state index is 0.320. The number of nitrogens with zero attached hydrogens (tertiary/aromatic N) is 3. The van der Waals surface area contributed by atoms with E-state index in [0.29, 0.717) is 10.8 Å². The molecule has 1 aromatic heterocycles. The lowest BCUT2D eigenvalue weighted by Gasteiger charge is -2.30. The predicted octanol–water partition coefficient (Wildman–Crippen LogP) is 3.02. The summed E-state index contributed by atoms with van der Waals surface area (Å²) in [6, 6.07) is 10.9. The van der Waals surface area contributed by atoms with E-state index in [9.17, 15) is 0 Å². The third kappa shape index (κ3) is 3.30. The van der Waals surface area contributed by atoms with Crippen molar-refractivity contribution in [2.75, 3.05) is 13.1 Å². The quantitative estimate of drug-likeness (QED) is 0.824. The fourth-order valence-electron chi connectivity index (χ4n) is 2.36. The van der Waals surface area contributed by atoms with Crippen LogP contribution in [0.15, 0.2) is 36.7 Å². The van der Waals surface area contributed by atoms with Gasteiger partial charge in [0.15, 0.2) is 4.77 Å². The molecule has 0 radical (unpaired) electrons. The number of nitrogens with one attached hydrogen (secondary N) is 1. The van der Waals surface area contributed by atoms with Crippen LogP contribution in [-0.4, -0.2) is 32.8 Å². The van der Waals surface area contributed by atoms with Crippen molar-refractivity contribution in [3.8, 4) is 0 Å². The fourth-order valence-corrected chi connectivity index (χ4v) is 2.53. The van der Waals surface area contributed by atoms with E-state index in [1.54, 1.807) is 6.33 Å². The summed E-state index contributed by atoms with van der Waals surface area (Å²) in [4.78, 5) is 2.43. The second-order valence-corrected chi connectivity index (χ2v) is 4.85. The number of likely N-dealkylation sites (N-methyl/N-ethyl adjacent to an activating group) is 1. The average molecular weight is 276 g/mol. The zero-order chi connectivity index (χ0) is 13.7. The van der Waals surface area contributed by atoms with E-state index in [0.717, 1.165) is 19.6 Å². The summed E-state index contributed by atoms with van der Waals surface area (Å²) in [7, 11) is 0. The molecule has 0 spiro atoms. The van der Waals surface area contributed by atoms with Crippen LogP contribution in [0.4, 0.5) is 0 Å². The Labute approximate surface area is 119 Å². The second-order valence-electron chi connectivity index (χ2n) is 4.46. The van der Waals surface area contributed by atoms with Crippen LogP contribution in [0.1, 0.15) is 25.5 Å². The van der Waals surface area contributed by atoms with Crippen molar-refractivity contribution >= 4 is 12.2 Å². The van der Waals surface area contributed by atoms with Gasteiger partial charge in [0.1, 0.15) is 6.33 Å². The number of hydrogen-bond donors (Lipinski definition) is 1. The Morgan fingerprint density at radius 2 is 1.95 bits per heavy atom. The van der Waals surface area contributed by atoms with E-state index in [4.69, 9.17) is 12.2 Å². The van der Waals surface area contributed by atoms with Gasteiger partial charge in [-0.1, -0.05) is 44.2 Å². The second kappa shape index (κ2) is 6.63. The SMILES string of the molecule is CCN(CC)C(Cn1cn[nH]c1=S)c1ccccc1. The third-order valence-electron chi connectivity index (χ3n) is 3.43. The van der Waals surface area contributed by atoms with Crippen LogP contribution in [0.2, 0.25) is 0 Å². The highest BCUT2D eigenvalue weighted by atomic mass is 32.1. The van der Waals surface area contributed by atoms with E-state index in [-0.39, 0.29) is 0 Å². The van der Waals surface area contributed by atoms with Gasteiger partial charge in [-0.15, -0.1) is 0 Å². The van der Waals surface area contributed by atoms with Gasteiger partial charge in [-0.2, -0.15) is 5.10 Å². The van der Waals surface area contributed by atoms with Crippen LogP contribution in [0.3, 0.4) is 0 Å². The van der Waals surface area contributed by atoms with Gasteiger partial charge < -0.3 is 4.57 Å². The molecule has 0 amide bonds. The Balaban J connectivity index is 2.29. The standard InChI is InChI=1S/C14H20N4S/c1-3-17(4-2)13(12-8-6-5-7-9-12)10-18-11-15-16-14(18)19/h5-9,11,13H,3-4,10H2,1-2H3,(H,16,19). The van der Waals surface area contributed by atoms with Crippen LogP contribution >= 0.6 is 12.2 Å². The largest absolute Gasteiger partial charge is 0.305 e. The average Bonchev–Trinajstić information content (AvgIpc) is 2.85. The molecule has 0 bridgehead atoms. The zero-order valence-electron chi connectivity index (χ0n) is 11.4. The molecular formula is C14H20N4S. The molecule has 0 aliphatic rings. The van der Waals surface area contributed by atoms with Gasteiger partial charge in [0.2, 0.25) is 0 Å². The lowest BCUT2D eigenvalue weighted by molar-refractivity contribution is 0.197. The van der Waals surface area contributed by atoms with Gasteiger partial charge in [0.25, 0.3) is 0 Å². The number of aromatic amines is 1. The molecule has 0 aliphatic heterocycles. The van der Waals surface area contributed by atoms with Gasteiger partial charge >= 0.3 is 0 Å². The molecule has 102 valence electrons. The van der Waals surface area contributed by atoms with E-state index in [2.05, 4.69) is 53.2 Å². The fraction of sp³-hybridized carbons (Fsp3) is 0.429. The maximum absolute atomic E-state index is 5.24. The van der Waals surface area contributed by atoms with Crippen LogP contribution in [0.25, 0.3) is 0 Å². The zero-order valence-corrected chi connectivity index (χ0v) is 12.2. The highest BCUT2D eigenvalue weighted by Gasteiger charge is 2.18. The summed E-state index contributed by atoms with van der Waals surface area (Å²) >= 11 is 5.24. The lowest BCUT2D eigenvalue weighted by atomic mass is 10.1. The molecule has 1 aromatic carbocycles. The Bertz CT molecular complexity index is 542. The molecule has 0 fully saturated rings. The number of aromatic nitrogens is 3. The normalized spacial score (nSPS) is 12.8. The molecule has 1 unspecified atom stereocenters. The Kier molecular flexibility index (Phi) is 4.87. The van der Waals surface area contributed by atoms with Crippen molar-refractivity contribution in [3.63, 3.8) is 0 Å². The van der Waals surface area contributed by atoms with Crippen molar-refractivity contribution in [1.29, 1.82) is 0 Å². The molecule has 19 heavy (non-hydrogen) atoms. The first kappa shape index (κ1) is 14.0. The van der Waals surface area contributed by atoms with Crippen molar-refractivity contribution in [2.45, 2.75) is 26.4 Å². The van der Waals surface area contributed by atoms with Crippen molar-refractivity contribution in [1.82, 2.24) is 19.7 Å². The molecule has 0 aliphatic carbocycles. The van der Waals surface area contributed by atoms with Crippen molar-refractivity contribution in [3.05, 3.63) is 47.0 Å². The molecular weight excluding hydrogens is 256 g/mol. The summed E-state index contributed by atoms with van der Waals surface area (Å²) in [5, 5.41) is 6.80. The Morgan fingerprint density at radius 3 is 2.47 bits per heavy atom. The number of hydrogen-bond acceptors (Lipinski definition) is 3. The summed E-state index contributed by atoms with van der Waals surface area (Å²) in [5.41, 5.74) is 1.31. The van der Waals surface area contributed by atoms with Crippen molar-refractivity contribution in [2.24, 2.45) is 0 Å². The topological polar surface area (TPSA) is 36.9 Å². The highest BCUT2D eigenvalue weighted by Crippen LogP contribution is 2.22. The summed E-state index contributed by atoms with van der Waals surface area (Å²) in [6.07, 6.45) is 1.77. The minimum Gasteiger partial charge on any atom is -0.305 e. The third-order valence-corrected chi connectivity index (χ3v) is 3.75. The predicted molar refractivity (Wildman–Crippen MR) is 79.5 cm³/mol. The maximum atomic E-state index is 5.24. The molecule has 1 heterocycles. The molecule has 0 saturated carbocycles. The number of rotatable bonds is 6. The van der Waals surface area contributed by atoms with Gasteiger partial charge in [-0.05, 0) is 30.9 Å². The Morgan fingerprint density at radius 1 is 1.26 bits per heavy atom. The highest BCUT2D eigenvalue weighted by molar-refractivity contribution is 7.71. The van der Waals surface area contributed by atoms with Gasteiger partial charge in [0, 0.05) is 6.54 Å². The van der Waals surface area contributed by atoms with Crippen LogP contribution in [-0.2, 0) is 6.54 Å². The molecule has 1 N–H and O–H groups in total. The minimum absolute atomic E-state index is 0.320. The number of H-pyrrole nitrogens is 1. The lowest BCUT2D eigenvalue weighted by Crippen LogP contribution is -2.31. The van der Waals surface area contributed by atoms with Gasteiger partial charge in [-0.25, -0.2) is 0 Å². The first-order chi connectivity index (χ1) is 9.26. The van der Waals surface area contributed by atoms with E-state index >= 15 is 0 Å². The van der Waals surface area contributed by atoms with Gasteiger partial charge in [0.05, 0.1) is 6.04 Å². The molecule has 1 atom stereocenters. The first-order valence-corrected chi connectivity index (χ1v) is 7.05. The summed E-state index contributed by atoms with van der Waals surface area (Å²) in [6.45, 7) is 7.23. The molecule has 2 aromatic rings. The summed E-state index contributed by atoms with van der Waals surface area (Å²) < 4.78 is 2.67. The van der Waals surface area contributed by atoms with Crippen molar-refractivity contribution < 1.29 is 0 Å². The maximum Gasteiger partial charge on any atom is 0.195 e. The smallest absolute Gasteiger partial charge is 0.195 e. The summed E-state index contributed by atoms with van der Waals surface area (Å²) in [5.74, 6) is 0. The Hall–Kier alpha value is -1.46. The van der Waals surface area contributed by atoms with Crippen LogP contribution in [0, 0.1) is 4.77 Å². The molecule has 2 rings (SSSR count). The van der Waals surface area contributed by atoms with E-state index < -0.39 is 0 Å².